The highest BCUT2D eigenvalue weighted by atomic mass is 31.2. The predicted molar refractivity (Wildman–Crippen MR) is 436 cm³/mol. The van der Waals surface area contributed by atoms with Crippen LogP contribution in [0.25, 0.3) is 0 Å². The van der Waals surface area contributed by atoms with E-state index in [1.807, 2.05) is 0 Å². The molecular formula is C87H148O17P2. The van der Waals surface area contributed by atoms with Gasteiger partial charge >= 0.3 is 39.5 Å². The lowest BCUT2D eigenvalue weighted by Gasteiger charge is -2.21. The lowest BCUT2D eigenvalue weighted by atomic mass is 10.0. The quantitative estimate of drug-likeness (QED) is 0.0169. The maximum Gasteiger partial charge on any atom is 0.472 e. The van der Waals surface area contributed by atoms with Gasteiger partial charge in [0.25, 0.3) is 0 Å². The molecule has 19 heteroatoms. The van der Waals surface area contributed by atoms with Crippen LogP contribution in [0.15, 0.2) is 134 Å². The summed E-state index contributed by atoms with van der Waals surface area (Å²) in [5.74, 6) is -2.24. The Balaban J connectivity index is 5.42. The van der Waals surface area contributed by atoms with E-state index in [2.05, 4.69) is 161 Å². The summed E-state index contributed by atoms with van der Waals surface area (Å²) in [7, 11) is -9.98. The van der Waals surface area contributed by atoms with E-state index in [0.717, 1.165) is 173 Å². The van der Waals surface area contributed by atoms with Crippen LogP contribution >= 0.6 is 15.6 Å². The minimum absolute atomic E-state index is 0.0683. The van der Waals surface area contributed by atoms with E-state index in [9.17, 15) is 43.2 Å². The Labute approximate surface area is 644 Å². The molecule has 0 rings (SSSR count). The van der Waals surface area contributed by atoms with Crippen molar-refractivity contribution in [3.63, 3.8) is 0 Å². The van der Waals surface area contributed by atoms with Gasteiger partial charge in [0.15, 0.2) is 12.2 Å². The molecule has 0 radical (unpaired) electrons. The average molecular weight is 1530 g/mol. The maximum absolute atomic E-state index is 13.1. The van der Waals surface area contributed by atoms with Gasteiger partial charge in [-0.3, -0.25) is 37.3 Å². The van der Waals surface area contributed by atoms with Gasteiger partial charge in [0, 0.05) is 25.7 Å². The molecule has 0 aliphatic carbocycles. The van der Waals surface area contributed by atoms with Crippen molar-refractivity contribution >= 4 is 39.5 Å². The van der Waals surface area contributed by atoms with E-state index < -0.39 is 97.5 Å². The van der Waals surface area contributed by atoms with Gasteiger partial charge in [0.05, 0.1) is 26.4 Å². The van der Waals surface area contributed by atoms with Crippen LogP contribution in [0.1, 0.15) is 336 Å². The smallest absolute Gasteiger partial charge is 0.462 e. The number of phosphoric ester groups is 2. The molecule has 0 spiro atoms. The number of hydrogen-bond acceptors (Lipinski definition) is 15. The summed E-state index contributed by atoms with van der Waals surface area (Å²) in [5, 5.41) is 10.7. The van der Waals surface area contributed by atoms with Crippen molar-refractivity contribution in [3.05, 3.63) is 134 Å². The number of esters is 4. The minimum atomic E-state index is -4.99. The summed E-state index contributed by atoms with van der Waals surface area (Å²) in [6.07, 6.45) is 88.4. The van der Waals surface area contributed by atoms with Crippen molar-refractivity contribution in [3.8, 4) is 0 Å². The Morgan fingerprint density at radius 1 is 0.274 bits per heavy atom. The Bertz CT molecular complexity index is 2530. The lowest BCUT2D eigenvalue weighted by Crippen LogP contribution is -2.30. The van der Waals surface area contributed by atoms with E-state index >= 15 is 0 Å². The van der Waals surface area contributed by atoms with Crippen LogP contribution in [-0.2, 0) is 65.4 Å². The van der Waals surface area contributed by atoms with E-state index in [1.54, 1.807) is 0 Å². The van der Waals surface area contributed by atoms with Crippen molar-refractivity contribution < 1.29 is 80.2 Å². The van der Waals surface area contributed by atoms with Gasteiger partial charge in [0.1, 0.15) is 19.3 Å². The monoisotopic (exact) mass is 1530 g/mol. The molecule has 0 saturated heterocycles. The number of carbonyl (C=O) groups excluding carboxylic acids is 4. The first-order valence-electron chi connectivity index (χ1n) is 41.4. The Hall–Kier alpha value is -4.80. The zero-order chi connectivity index (χ0) is 77.4. The maximum atomic E-state index is 13.1. The van der Waals surface area contributed by atoms with Crippen LogP contribution in [0, 0.1) is 0 Å². The van der Waals surface area contributed by atoms with Crippen molar-refractivity contribution in [1.29, 1.82) is 0 Å². The van der Waals surface area contributed by atoms with Crippen molar-refractivity contribution in [2.24, 2.45) is 0 Å². The highest BCUT2D eigenvalue weighted by Gasteiger charge is 2.30. The zero-order valence-corrected chi connectivity index (χ0v) is 68.4. The minimum Gasteiger partial charge on any atom is -0.462 e. The number of carbonyl (C=O) groups is 4. The fraction of sp³-hybridized carbons (Fsp3) is 0.701. The van der Waals surface area contributed by atoms with Crippen LogP contribution in [0.4, 0.5) is 0 Å². The highest BCUT2D eigenvalue weighted by molar-refractivity contribution is 7.47. The summed E-state index contributed by atoms with van der Waals surface area (Å²) < 4.78 is 68.7. The molecule has 0 aromatic heterocycles. The molecule has 17 nitrogen and oxygen atoms in total. The van der Waals surface area contributed by atoms with Gasteiger partial charge in [-0.25, -0.2) is 9.13 Å². The van der Waals surface area contributed by atoms with Gasteiger partial charge in [-0.2, -0.15) is 0 Å². The van der Waals surface area contributed by atoms with E-state index in [-0.39, 0.29) is 25.7 Å². The third kappa shape index (κ3) is 77.4. The molecule has 0 aliphatic rings. The average Bonchev–Trinajstić information content (AvgIpc) is 0.909. The third-order valence-corrected chi connectivity index (χ3v) is 19.0. The summed E-state index contributed by atoms with van der Waals surface area (Å²) in [6, 6.07) is 0. The molecule has 0 heterocycles. The Morgan fingerprint density at radius 3 is 0.783 bits per heavy atom. The lowest BCUT2D eigenvalue weighted by molar-refractivity contribution is -0.161. The first kappa shape index (κ1) is 101. The normalized spacial score (nSPS) is 14.5. The van der Waals surface area contributed by atoms with Gasteiger partial charge in [-0.15, -0.1) is 0 Å². The van der Waals surface area contributed by atoms with E-state index in [0.29, 0.717) is 25.7 Å². The van der Waals surface area contributed by atoms with Crippen molar-refractivity contribution in [2.45, 2.75) is 354 Å². The fourth-order valence-corrected chi connectivity index (χ4v) is 12.4. The van der Waals surface area contributed by atoms with Gasteiger partial charge in [0.2, 0.25) is 0 Å². The van der Waals surface area contributed by atoms with Crippen LogP contribution in [0.5, 0.6) is 0 Å². The van der Waals surface area contributed by atoms with E-state index in [4.69, 9.17) is 37.0 Å². The highest BCUT2D eigenvalue weighted by Crippen LogP contribution is 2.45. The molecule has 5 unspecified atom stereocenters. The molecule has 0 aromatic rings. The second-order valence-corrected chi connectivity index (χ2v) is 30.2. The van der Waals surface area contributed by atoms with E-state index in [1.165, 1.54) is 83.5 Å². The molecule has 0 saturated carbocycles. The second kappa shape index (κ2) is 78.3. The molecule has 608 valence electrons. The number of ether oxygens (including phenoxy) is 4. The largest absolute Gasteiger partial charge is 0.472 e. The second-order valence-electron chi connectivity index (χ2n) is 27.3. The number of phosphoric acid groups is 2. The molecule has 106 heavy (non-hydrogen) atoms. The summed E-state index contributed by atoms with van der Waals surface area (Å²) >= 11 is 0. The Morgan fingerprint density at radius 2 is 0.491 bits per heavy atom. The van der Waals surface area contributed by atoms with Crippen molar-refractivity contribution in [1.82, 2.24) is 0 Å². The molecule has 0 aliphatic heterocycles. The predicted octanol–water partition coefficient (Wildman–Crippen LogP) is 24.4. The number of aliphatic hydroxyl groups excluding tert-OH is 1. The zero-order valence-electron chi connectivity index (χ0n) is 66.6. The van der Waals surface area contributed by atoms with Gasteiger partial charge in [-0.05, 0) is 141 Å². The van der Waals surface area contributed by atoms with Crippen LogP contribution in [0.2, 0.25) is 0 Å². The summed E-state index contributed by atoms with van der Waals surface area (Å²) in [5.41, 5.74) is 0. The molecule has 0 aromatic carbocycles. The number of aliphatic hydroxyl groups is 1. The van der Waals surface area contributed by atoms with Crippen molar-refractivity contribution in [2.75, 3.05) is 39.6 Å². The summed E-state index contributed by atoms with van der Waals surface area (Å²) in [6.45, 7) is 4.58. The fourth-order valence-electron chi connectivity index (χ4n) is 10.9. The number of unbranched alkanes of at least 4 members (excludes halogenated alkanes) is 29. The van der Waals surface area contributed by atoms with Crippen LogP contribution < -0.4 is 0 Å². The molecule has 3 N–H and O–H groups in total. The SMILES string of the molecule is CC/C=C\C/C=C\C/C=C\C/C=C\C/C=C\CCCCCC(=O)OCC(COP(=O)(O)OCC(O)COP(=O)(O)OCC(COC(=O)CCCCCC/C=C\C/C=C\C/C=C\C/C=C\CC)OC(=O)CCCCCCCCCCCCCCCCC)OC(=O)CCCCCCC/C=C\C/C=C\CCCCC. The third-order valence-electron chi connectivity index (χ3n) is 17.1. The molecule has 0 amide bonds. The molecule has 0 fully saturated rings. The number of rotatable bonds is 77. The first-order chi connectivity index (χ1) is 51.7. The number of allylic oxidation sites excluding steroid dienone is 22. The number of hydrogen-bond donors (Lipinski definition) is 3. The topological polar surface area (TPSA) is 237 Å². The van der Waals surface area contributed by atoms with Gasteiger partial charge in [-0.1, -0.05) is 303 Å². The molecular weight excluding hydrogens is 1380 g/mol. The standard InChI is InChI=1S/C87H148O17P2/c1-5-9-13-17-21-25-29-33-37-39-40-42-46-48-52-56-60-64-68-72-85(90)98-78-83(104-87(92)74-70-66-62-58-54-50-44-36-32-28-24-20-16-12-8-4)80-102-106(95,96)100-76-81(88)75-99-105(93,94)101-79-82(103-86(91)73-69-65-61-57-53-49-43-35-31-27-23-19-15-11-7-3)77-97-84(89)71-67-63-59-55-51-47-45-41-38-34-30-26-22-18-14-10-6-2/h9-10,13-14,21-22,24-26,28,33-34,36-38,40,42,44-45,47-48,52,81-83,88H,5-8,11-12,15-20,23,27,29-32,35,39,41,43,46,49-51,53-80H2,1-4H3,(H,93,94)(H,95,96)/b13-9-,14-10-,25-21-,26-22-,28-24-,37-33-,38-34-,42-40-,44-36-,47-45-,52-48-. The summed E-state index contributed by atoms with van der Waals surface area (Å²) in [4.78, 5) is 73.1. The van der Waals surface area contributed by atoms with Gasteiger partial charge < -0.3 is 33.8 Å². The molecule has 0 bridgehead atoms. The van der Waals surface area contributed by atoms with Crippen LogP contribution in [-0.4, -0.2) is 96.7 Å². The first-order valence-corrected chi connectivity index (χ1v) is 44.4. The Kier molecular flexibility index (Phi) is 74.8. The molecule has 5 atom stereocenters. The van der Waals surface area contributed by atoms with Crippen LogP contribution in [0.3, 0.4) is 0 Å².